The number of piperidine rings is 1. The van der Waals surface area contributed by atoms with Crippen LogP contribution in [0.1, 0.15) is 25.7 Å². The number of nitrogens with one attached hydrogen (secondary N) is 1. The van der Waals surface area contributed by atoms with Crippen LogP contribution in [0.5, 0.6) is 0 Å². The van der Waals surface area contributed by atoms with E-state index in [1.54, 1.807) is 24.3 Å². The van der Waals surface area contributed by atoms with Crippen molar-refractivity contribution in [3.8, 4) is 0 Å². The van der Waals surface area contributed by atoms with Crippen molar-refractivity contribution in [2.45, 2.75) is 31.7 Å². The van der Waals surface area contributed by atoms with Gasteiger partial charge in [0.2, 0.25) is 5.91 Å². The molecule has 1 aliphatic heterocycles. The first-order valence-corrected chi connectivity index (χ1v) is 7.82. The Hall–Kier alpha value is -1.59. The summed E-state index contributed by atoms with van der Waals surface area (Å²) in [6.07, 6.45) is 3.37. The Bertz CT molecular complexity index is 536. The zero-order valence-electron chi connectivity index (χ0n) is 12.7. The molecule has 0 radical (unpaired) electrons. The van der Waals surface area contributed by atoms with Crippen molar-refractivity contribution in [1.29, 1.82) is 0 Å². The summed E-state index contributed by atoms with van der Waals surface area (Å²) in [5.74, 6) is -0.328. The van der Waals surface area contributed by atoms with Crippen molar-refractivity contribution in [2.75, 3.05) is 25.5 Å². The Morgan fingerprint density at radius 2 is 2.23 bits per heavy atom. The molecule has 1 atom stereocenters. The maximum absolute atomic E-state index is 12.2. The monoisotopic (exact) mass is 324 g/mol. The predicted octanol–water partition coefficient (Wildman–Crippen LogP) is 2.70. The van der Waals surface area contributed by atoms with Gasteiger partial charge < -0.3 is 10.1 Å². The highest BCUT2D eigenvalue weighted by atomic mass is 35.5. The number of anilines is 1. The van der Waals surface area contributed by atoms with E-state index in [2.05, 4.69) is 10.2 Å². The highest BCUT2D eigenvalue weighted by Crippen LogP contribution is 2.20. The lowest BCUT2D eigenvalue weighted by atomic mass is 9.99. The molecule has 5 nitrogen and oxygen atoms in total. The molecule has 1 aliphatic rings. The van der Waals surface area contributed by atoms with Crippen LogP contribution in [-0.4, -0.2) is 43.0 Å². The lowest BCUT2D eigenvalue weighted by Crippen LogP contribution is -2.45. The Kier molecular flexibility index (Phi) is 6.21. The average molecular weight is 325 g/mol. The topological polar surface area (TPSA) is 58.6 Å². The second kappa shape index (κ2) is 8.15. The number of ether oxygens (including phenoxy) is 1. The normalized spacial score (nSPS) is 18.7. The summed E-state index contributed by atoms with van der Waals surface area (Å²) in [6, 6.07) is 7.13. The van der Waals surface area contributed by atoms with Crippen molar-refractivity contribution in [2.24, 2.45) is 0 Å². The number of esters is 1. The highest BCUT2D eigenvalue weighted by Gasteiger charge is 2.26. The number of amides is 1. The number of hydrogen-bond acceptors (Lipinski definition) is 4. The molecule has 2 rings (SSSR count). The Labute approximate surface area is 135 Å². The summed E-state index contributed by atoms with van der Waals surface area (Å²) in [7, 11) is 1.39. The van der Waals surface area contributed by atoms with E-state index >= 15 is 0 Å². The first kappa shape index (κ1) is 16.8. The van der Waals surface area contributed by atoms with E-state index in [0.29, 0.717) is 17.1 Å². The quantitative estimate of drug-likeness (QED) is 0.846. The summed E-state index contributed by atoms with van der Waals surface area (Å²) < 4.78 is 4.73. The molecule has 6 heteroatoms. The van der Waals surface area contributed by atoms with Crippen LogP contribution in [0.25, 0.3) is 0 Å². The Morgan fingerprint density at radius 3 is 2.95 bits per heavy atom. The van der Waals surface area contributed by atoms with Crippen LogP contribution in [0.15, 0.2) is 24.3 Å². The molecule has 0 aliphatic carbocycles. The molecule has 1 N–H and O–H groups in total. The molecule has 0 bridgehead atoms. The first-order chi connectivity index (χ1) is 10.6. The summed E-state index contributed by atoms with van der Waals surface area (Å²) in [5, 5.41) is 3.42. The fourth-order valence-electron chi connectivity index (χ4n) is 2.73. The third kappa shape index (κ3) is 5.00. The van der Waals surface area contributed by atoms with Gasteiger partial charge in [-0.25, -0.2) is 0 Å². The second-order valence-corrected chi connectivity index (χ2v) is 5.90. The van der Waals surface area contributed by atoms with Gasteiger partial charge in [-0.2, -0.15) is 0 Å². The Balaban J connectivity index is 1.91. The van der Waals surface area contributed by atoms with E-state index in [-0.39, 0.29) is 24.5 Å². The molecule has 0 saturated carbocycles. The van der Waals surface area contributed by atoms with Crippen LogP contribution in [0.4, 0.5) is 5.69 Å². The highest BCUT2D eigenvalue weighted by molar-refractivity contribution is 6.30. The first-order valence-electron chi connectivity index (χ1n) is 7.45. The molecular formula is C16H21ClN2O3. The van der Waals surface area contributed by atoms with E-state index in [9.17, 15) is 9.59 Å². The van der Waals surface area contributed by atoms with Gasteiger partial charge in [0.1, 0.15) is 0 Å². The maximum Gasteiger partial charge on any atom is 0.307 e. The van der Waals surface area contributed by atoms with E-state index < -0.39 is 0 Å². The van der Waals surface area contributed by atoms with Crippen LogP contribution in [0, 0.1) is 0 Å². The fraction of sp³-hybridized carbons (Fsp3) is 0.500. The lowest BCUT2D eigenvalue weighted by Gasteiger charge is -2.34. The van der Waals surface area contributed by atoms with Crippen LogP contribution < -0.4 is 5.32 Å². The minimum absolute atomic E-state index is 0.0753. The molecule has 0 aromatic heterocycles. The minimum atomic E-state index is -0.229. The van der Waals surface area contributed by atoms with Gasteiger partial charge in [-0.15, -0.1) is 0 Å². The van der Waals surface area contributed by atoms with Gasteiger partial charge in [-0.1, -0.05) is 24.1 Å². The van der Waals surface area contributed by atoms with Gasteiger partial charge in [0, 0.05) is 16.8 Å². The van der Waals surface area contributed by atoms with Gasteiger partial charge >= 0.3 is 5.97 Å². The van der Waals surface area contributed by atoms with E-state index in [4.69, 9.17) is 16.3 Å². The lowest BCUT2D eigenvalue weighted by molar-refractivity contribution is -0.142. The number of rotatable bonds is 5. The van der Waals surface area contributed by atoms with Gasteiger partial charge in [0.15, 0.2) is 0 Å². The van der Waals surface area contributed by atoms with Crippen LogP contribution in [-0.2, 0) is 14.3 Å². The van der Waals surface area contributed by atoms with E-state index in [0.717, 1.165) is 25.8 Å². The third-order valence-electron chi connectivity index (χ3n) is 3.83. The van der Waals surface area contributed by atoms with Gasteiger partial charge in [-0.3, -0.25) is 14.5 Å². The molecule has 1 amide bonds. The van der Waals surface area contributed by atoms with Crippen molar-refractivity contribution in [1.82, 2.24) is 4.90 Å². The van der Waals surface area contributed by atoms with Crippen molar-refractivity contribution in [3.63, 3.8) is 0 Å². The van der Waals surface area contributed by atoms with Crippen LogP contribution in [0.2, 0.25) is 5.02 Å². The summed E-state index contributed by atoms with van der Waals surface area (Å²) >= 11 is 5.90. The Morgan fingerprint density at radius 1 is 1.41 bits per heavy atom. The number of hydrogen-bond donors (Lipinski definition) is 1. The van der Waals surface area contributed by atoms with E-state index in [1.807, 2.05) is 0 Å². The average Bonchev–Trinajstić information content (AvgIpc) is 2.49. The molecule has 22 heavy (non-hydrogen) atoms. The zero-order chi connectivity index (χ0) is 15.9. The molecule has 1 saturated heterocycles. The minimum Gasteiger partial charge on any atom is -0.469 e. The number of carbonyl (C=O) groups excluding carboxylic acids is 2. The van der Waals surface area contributed by atoms with Crippen molar-refractivity contribution >= 4 is 29.2 Å². The number of methoxy groups -OCH3 is 1. The smallest absolute Gasteiger partial charge is 0.307 e. The van der Waals surface area contributed by atoms with Crippen molar-refractivity contribution < 1.29 is 14.3 Å². The summed E-state index contributed by atoms with van der Waals surface area (Å²) in [5.41, 5.74) is 0.680. The second-order valence-electron chi connectivity index (χ2n) is 5.46. The van der Waals surface area contributed by atoms with Gasteiger partial charge in [0.05, 0.1) is 20.1 Å². The van der Waals surface area contributed by atoms with Gasteiger partial charge in [-0.05, 0) is 37.6 Å². The number of carbonyl (C=O) groups is 2. The predicted molar refractivity (Wildman–Crippen MR) is 85.9 cm³/mol. The van der Waals surface area contributed by atoms with Crippen molar-refractivity contribution in [3.05, 3.63) is 29.3 Å². The number of likely N-dealkylation sites (tertiary alicyclic amines) is 1. The largest absolute Gasteiger partial charge is 0.469 e. The molecular weight excluding hydrogens is 304 g/mol. The molecule has 1 fully saturated rings. The number of benzene rings is 1. The molecule has 0 spiro atoms. The summed E-state index contributed by atoms with van der Waals surface area (Å²) in [4.78, 5) is 25.7. The van der Waals surface area contributed by atoms with E-state index in [1.165, 1.54) is 7.11 Å². The third-order valence-corrected chi connectivity index (χ3v) is 4.07. The zero-order valence-corrected chi connectivity index (χ0v) is 13.4. The number of nitrogens with zero attached hydrogens (tertiary/aromatic N) is 1. The standard InChI is InChI=1S/C16H21ClN2O3/c1-22-16(21)10-14-7-2-3-8-19(14)11-15(20)18-13-6-4-5-12(17)9-13/h4-6,9,14H,2-3,7-8,10-11H2,1H3,(H,18,20). The van der Waals surface area contributed by atoms with Crippen LogP contribution in [0.3, 0.4) is 0 Å². The molecule has 1 aromatic rings. The van der Waals surface area contributed by atoms with Gasteiger partial charge in [0.25, 0.3) is 0 Å². The van der Waals surface area contributed by atoms with Crippen LogP contribution >= 0.6 is 11.6 Å². The molecule has 120 valence electrons. The number of halogens is 1. The summed E-state index contributed by atoms with van der Waals surface area (Å²) in [6.45, 7) is 1.10. The SMILES string of the molecule is COC(=O)CC1CCCCN1CC(=O)Nc1cccc(Cl)c1. The molecule has 1 heterocycles. The fourth-order valence-corrected chi connectivity index (χ4v) is 2.92. The molecule has 1 unspecified atom stereocenters. The molecule has 1 aromatic carbocycles. The maximum atomic E-state index is 12.2.